The molecule has 1 saturated heterocycles. The zero-order chi connectivity index (χ0) is 24.9. The van der Waals surface area contributed by atoms with E-state index in [1.54, 1.807) is 27.7 Å². The van der Waals surface area contributed by atoms with Gasteiger partial charge in [0, 0.05) is 0 Å². The van der Waals surface area contributed by atoms with Crippen LogP contribution in [0.5, 0.6) is 0 Å². The predicted molar refractivity (Wildman–Crippen MR) is 106 cm³/mol. The molecule has 1 fully saturated rings. The number of primary amides is 1. The van der Waals surface area contributed by atoms with E-state index in [1.165, 1.54) is 6.08 Å². The Morgan fingerprint density at radius 3 is 2.45 bits per heavy atom. The number of hydrogen-bond acceptors (Lipinski definition) is 9. The fourth-order valence-electron chi connectivity index (χ4n) is 3.35. The van der Waals surface area contributed by atoms with Gasteiger partial charge >= 0.3 is 30.4 Å². The number of hydrogen-bond donors (Lipinski definition) is 2. The number of alkyl halides is 1. The van der Waals surface area contributed by atoms with Crippen molar-refractivity contribution in [1.29, 1.82) is 0 Å². The molecule has 14 heteroatoms. The molecule has 0 aromatic rings. The predicted octanol–water partition coefficient (Wildman–Crippen LogP) is -0.0518. The third kappa shape index (κ3) is 6.09. The van der Waals surface area contributed by atoms with Gasteiger partial charge in [0.15, 0.2) is 0 Å². The third-order valence-electron chi connectivity index (χ3n) is 4.85. The first-order chi connectivity index (χ1) is 15.5. The lowest BCUT2D eigenvalue weighted by molar-refractivity contribution is -0.227. The van der Waals surface area contributed by atoms with E-state index in [4.69, 9.17) is 15.3 Å². The van der Waals surface area contributed by atoms with Gasteiger partial charge in [-0.05, 0) is 25.3 Å². The number of hydroxylamine groups is 2. The molecule has 0 spiro atoms. The second kappa shape index (κ2) is 10.9. The first kappa shape index (κ1) is 25.8. The van der Waals surface area contributed by atoms with Gasteiger partial charge in [-0.3, -0.25) is 4.79 Å². The van der Waals surface area contributed by atoms with E-state index in [2.05, 4.69) is 14.8 Å². The molecule has 2 rings (SSSR count). The SMILES string of the molecule is CCOC(=O)C(NC(=O)OCOC(=O)[C@@H](F)ON1C(=O)N2C[C@@H]1C=C(C)[C@H]2C(N)=O)C(C)C. The van der Waals surface area contributed by atoms with Crippen LogP contribution < -0.4 is 11.1 Å². The lowest BCUT2D eigenvalue weighted by atomic mass is 10.0. The van der Waals surface area contributed by atoms with Crippen molar-refractivity contribution in [1.82, 2.24) is 15.3 Å². The quantitative estimate of drug-likeness (QED) is 0.251. The second-order valence-electron chi connectivity index (χ2n) is 7.60. The monoisotopic (exact) mass is 474 g/mol. The van der Waals surface area contributed by atoms with Gasteiger partial charge in [-0.1, -0.05) is 19.9 Å². The van der Waals surface area contributed by atoms with Gasteiger partial charge in [-0.15, -0.1) is 0 Å². The fourth-order valence-corrected chi connectivity index (χ4v) is 3.35. The topological polar surface area (TPSA) is 167 Å². The molecular weight excluding hydrogens is 447 g/mol. The number of halogens is 1. The standard InChI is InChI=1S/C19H27FN4O9/c1-5-30-16(26)12(9(2)3)22-18(28)32-8-31-17(27)14(20)33-24-11-6-10(4)13(15(21)25)23(7-11)19(24)29/h6,9,11-14H,5,7-8H2,1-4H3,(H2,21,25)(H,22,28)/t11-,12?,13-,14-/m0/s1. The minimum atomic E-state index is -2.72. The summed E-state index contributed by atoms with van der Waals surface area (Å²) in [7, 11) is 0. The van der Waals surface area contributed by atoms with E-state index in [0.29, 0.717) is 10.6 Å². The number of nitrogens with zero attached hydrogens (tertiary/aromatic N) is 2. The van der Waals surface area contributed by atoms with Crippen molar-refractivity contribution in [3.8, 4) is 0 Å². The Bertz CT molecular complexity index is 834. The summed E-state index contributed by atoms with van der Waals surface area (Å²) < 4.78 is 28.2. The van der Waals surface area contributed by atoms with Gasteiger partial charge in [-0.25, -0.2) is 28.4 Å². The molecule has 33 heavy (non-hydrogen) atoms. The van der Waals surface area contributed by atoms with E-state index in [9.17, 15) is 28.4 Å². The highest BCUT2D eigenvalue weighted by atomic mass is 19.1. The maximum absolute atomic E-state index is 14.2. The Labute approximate surface area is 188 Å². The summed E-state index contributed by atoms with van der Waals surface area (Å²) in [5.74, 6) is -3.31. The molecule has 4 amide bonds. The summed E-state index contributed by atoms with van der Waals surface area (Å²) in [5, 5.41) is 2.87. The minimum Gasteiger partial charge on any atom is -0.464 e. The number of ether oxygens (including phenoxy) is 3. The molecule has 0 aromatic heterocycles. The highest BCUT2D eigenvalue weighted by Crippen LogP contribution is 2.30. The Morgan fingerprint density at radius 1 is 1.21 bits per heavy atom. The molecule has 184 valence electrons. The number of amides is 4. The van der Waals surface area contributed by atoms with Crippen LogP contribution in [0, 0.1) is 5.92 Å². The fraction of sp³-hybridized carbons (Fsp3) is 0.632. The summed E-state index contributed by atoms with van der Waals surface area (Å²) in [5.41, 5.74) is 5.79. The molecule has 2 bridgehead atoms. The van der Waals surface area contributed by atoms with Crippen LogP contribution in [0.15, 0.2) is 11.6 Å². The van der Waals surface area contributed by atoms with Crippen LogP contribution in [-0.2, 0) is 33.4 Å². The van der Waals surface area contributed by atoms with Gasteiger partial charge < -0.3 is 30.2 Å². The van der Waals surface area contributed by atoms with E-state index in [0.717, 1.165) is 4.90 Å². The maximum Gasteiger partial charge on any atom is 0.410 e. The molecular formula is C19H27FN4O9. The molecule has 3 N–H and O–H groups in total. The number of alkyl carbamates (subject to hydrolysis) is 1. The molecule has 2 aliphatic heterocycles. The van der Waals surface area contributed by atoms with Crippen LogP contribution in [0.3, 0.4) is 0 Å². The number of carbonyl (C=O) groups excluding carboxylic acids is 5. The number of esters is 2. The molecule has 13 nitrogen and oxygen atoms in total. The van der Waals surface area contributed by atoms with Crippen molar-refractivity contribution in [2.24, 2.45) is 11.7 Å². The van der Waals surface area contributed by atoms with Gasteiger partial charge in [-0.2, -0.15) is 5.06 Å². The highest BCUT2D eigenvalue weighted by molar-refractivity contribution is 5.90. The first-order valence-electron chi connectivity index (χ1n) is 10.1. The molecule has 0 radical (unpaired) electrons. The highest BCUT2D eigenvalue weighted by Gasteiger charge is 2.48. The summed E-state index contributed by atoms with van der Waals surface area (Å²) in [6, 6.07) is -3.58. The van der Waals surface area contributed by atoms with Crippen LogP contribution in [0.1, 0.15) is 27.7 Å². The number of urea groups is 1. The zero-order valence-electron chi connectivity index (χ0n) is 18.6. The van der Waals surface area contributed by atoms with Crippen molar-refractivity contribution >= 4 is 30.0 Å². The van der Waals surface area contributed by atoms with Crippen molar-refractivity contribution in [3.63, 3.8) is 0 Å². The Balaban J connectivity index is 1.83. The smallest absolute Gasteiger partial charge is 0.410 e. The largest absolute Gasteiger partial charge is 0.464 e. The number of carbonyl (C=O) groups is 5. The summed E-state index contributed by atoms with van der Waals surface area (Å²) >= 11 is 0. The summed E-state index contributed by atoms with van der Waals surface area (Å²) in [6.45, 7) is 5.68. The number of fused-ring (bicyclic) bond motifs is 2. The molecule has 0 saturated carbocycles. The lowest BCUT2D eigenvalue weighted by Crippen LogP contribution is -2.48. The Morgan fingerprint density at radius 2 is 1.88 bits per heavy atom. The van der Waals surface area contributed by atoms with Gasteiger partial charge in [0.05, 0.1) is 19.2 Å². The number of rotatable bonds is 10. The van der Waals surface area contributed by atoms with Crippen molar-refractivity contribution < 1.29 is 47.4 Å². The molecule has 1 unspecified atom stereocenters. The summed E-state index contributed by atoms with van der Waals surface area (Å²) in [6.07, 6.45) is -2.30. The van der Waals surface area contributed by atoms with Crippen LogP contribution in [0.4, 0.5) is 14.0 Å². The van der Waals surface area contributed by atoms with Crippen LogP contribution in [0.25, 0.3) is 0 Å². The van der Waals surface area contributed by atoms with E-state index in [-0.39, 0.29) is 19.1 Å². The second-order valence-corrected chi connectivity index (χ2v) is 7.60. The Kier molecular flexibility index (Phi) is 8.56. The van der Waals surface area contributed by atoms with E-state index >= 15 is 0 Å². The number of nitrogens with one attached hydrogen (secondary N) is 1. The average molecular weight is 474 g/mol. The van der Waals surface area contributed by atoms with Crippen LogP contribution in [-0.4, -0.2) is 84.4 Å². The average Bonchev–Trinajstić information content (AvgIpc) is 2.96. The summed E-state index contributed by atoms with van der Waals surface area (Å²) in [4.78, 5) is 65.4. The van der Waals surface area contributed by atoms with Crippen molar-refractivity contribution in [2.75, 3.05) is 19.9 Å². The molecule has 2 aliphatic rings. The molecule has 4 atom stereocenters. The van der Waals surface area contributed by atoms with Gasteiger partial charge in [0.1, 0.15) is 12.1 Å². The van der Waals surface area contributed by atoms with Crippen molar-refractivity contribution in [3.05, 3.63) is 11.6 Å². The van der Waals surface area contributed by atoms with Gasteiger partial charge in [0.25, 0.3) is 0 Å². The third-order valence-corrected chi connectivity index (χ3v) is 4.85. The first-order valence-corrected chi connectivity index (χ1v) is 10.1. The number of nitrogens with two attached hydrogens (primary N) is 1. The van der Waals surface area contributed by atoms with E-state index in [1.807, 2.05) is 0 Å². The van der Waals surface area contributed by atoms with Crippen LogP contribution >= 0.6 is 0 Å². The van der Waals surface area contributed by atoms with Crippen molar-refractivity contribution in [2.45, 2.75) is 52.2 Å². The lowest BCUT2D eigenvalue weighted by Gasteiger charge is -2.27. The van der Waals surface area contributed by atoms with E-state index < -0.39 is 61.2 Å². The molecule has 2 heterocycles. The Hall–Kier alpha value is -3.42. The maximum atomic E-state index is 14.2. The van der Waals surface area contributed by atoms with Crippen LogP contribution in [0.2, 0.25) is 0 Å². The molecule has 0 aliphatic carbocycles. The normalized spacial score (nSPS) is 21.3. The van der Waals surface area contributed by atoms with Gasteiger partial charge in [0.2, 0.25) is 12.7 Å². The minimum absolute atomic E-state index is 0.0202. The molecule has 0 aromatic carbocycles. The zero-order valence-corrected chi connectivity index (χ0v) is 18.6.